The van der Waals surface area contributed by atoms with Crippen LogP contribution in [0.3, 0.4) is 0 Å². The van der Waals surface area contributed by atoms with Crippen molar-refractivity contribution in [2.45, 2.75) is 26.2 Å². The second-order valence-electron chi connectivity index (χ2n) is 4.99. The maximum atomic E-state index is 11.5. The van der Waals surface area contributed by atoms with Crippen molar-refractivity contribution in [3.63, 3.8) is 0 Å². The van der Waals surface area contributed by atoms with Crippen LogP contribution in [0.25, 0.3) is 0 Å². The van der Waals surface area contributed by atoms with E-state index in [0.717, 1.165) is 22.3 Å². The van der Waals surface area contributed by atoms with Crippen molar-refractivity contribution in [2.75, 3.05) is 0 Å². The molecular formula is C17H18O2. The van der Waals surface area contributed by atoms with Crippen LogP contribution < -0.4 is 0 Å². The van der Waals surface area contributed by atoms with Gasteiger partial charge in [0.1, 0.15) is 0 Å². The van der Waals surface area contributed by atoms with E-state index in [-0.39, 0.29) is 0 Å². The Hall–Kier alpha value is -2.09. The van der Waals surface area contributed by atoms with Crippen molar-refractivity contribution in [3.05, 3.63) is 70.8 Å². The van der Waals surface area contributed by atoms with Gasteiger partial charge in [-0.15, -0.1) is 0 Å². The molecule has 98 valence electrons. The average Bonchev–Trinajstić information content (AvgIpc) is 2.37. The molecule has 2 aromatic carbocycles. The van der Waals surface area contributed by atoms with Gasteiger partial charge in [0.15, 0.2) is 0 Å². The van der Waals surface area contributed by atoms with E-state index in [0.29, 0.717) is 6.42 Å². The predicted molar refractivity (Wildman–Crippen MR) is 76.4 cm³/mol. The predicted octanol–water partition coefficient (Wildman–Crippen LogP) is 3.71. The normalized spacial score (nSPS) is 12.1. The maximum Gasteiger partial charge on any atom is 0.311 e. The maximum absolute atomic E-state index is 11.5. The summed E-state index contributed by atoms with van der Waals surface area (Å²) in [5.74, 6) is -1.26. The van der Waals surface area contributed by atoms with E-state index in [1.165, 1.54) is 0 Å². The van der Waals surface area contributed by atoms with Crippen LogP contribution in [0.5, 0.6) is 0 Å². The number of aliphatic carboxylic acids is 1. The molecule has 0 radical (unpaired) electrons. The van der Waals surface area contributed by atoms with Crippen LogP contribution in [-0.4, -0.2) is 11.1 Å². The van der Waals surface area contributed by atoms with Gasteiger partial charge in [-0.2, -0.15) is 0 Å². The third kappa shape index (κ3) is 3.44. The highest BCUT2D eigenvalue weighted by molar-refractivity contribution is 5.76. The Labute approximate surface area is 113 Å². The van der Waals surface area contributed by atoms with Gasteiger partial charge in [0, 0.05) is 0 Å². The number of carboxylic acid groups (broad SMARTS) is 1. The molecule has 0 amide bonds. The molecule has 1 unspecified atom stereocenters. The van der Waals surface area contributed by atoms with E-state index < -0.39 is 11.9 Å². The summed E-state index contributed by atoms with van der Waals surface area (Å²) >= 11 is 0. The molecule has 0 bridgehead atoms. The smallest absolute Gasteiger partial charge is 0.311 e. The first-order chi connectivity index (χ1) is 9.06. The van der Waals surface area contributed by atoms with Gasteiger partial charge >= 0.3 is 5.97 Å². The van der Waals surface area contributed by atoms with Crippen LogP contribution in [-0.2, 0) is 11.2 Å². The SMILES string of the molecule is Cc1ccc(C(Cc2cccc(C)c2)C(=O)O)cc1. The summed E-state index contributed by atoms with van der Waals surface area (Å²) in [7, 11) is 0. The Kier molecular flexibility index (Phi) is 4.00. The van der Waals surface area contributed by atoms with Crippen molar-refractivity contribution < 1.29 is 9.90 Å². The highest BCUT2D eigenvalue weighted by atomic mass is 16.4. The second kappa shape index (κ2) is 5.70. The minimum atomic E-state index is -0.773. The number of hydrogen-bond donors (Lipinski definition) is 1. The van der Waals surface area contributed by atoms with E-state index in [1.54, 1.807) is 0 Å². The molecule has 0 aliphatic heterocycles. The van der Waals surface area contributed by atoms with Crippen LogP contribution in [0, 0.1) is 13.8 Å². The molecule has 2 rings (SSSR count). The quantitative estimate of drug-likeness (QED) is 0.903. The molecular weight excluding hydrogens is 236 g/mol. The van der Waals surface area contributed by atoms with Crippen molar-refractivity contribution in [2.24, 2.45) is 0 Å². The molecule has 2 heteroatoms. The van der Waals surface area contributed by atoms with Gasteiger partial charge in [0.05, 0.1) is 5.92 Å². The van der Waals surface area contributed by atoms with E-state index in [2.05, 4.69) is 0 Å². The van der Waals surface area contributed by atoms with Crippen molar-refractivity contribution >= 4 is 5.97 Å². The third-order valence-electron chi connectivity index (χ3n) is 3.30. The molecule has 19 heavy (non-hydrogen) atoms. The number of aryl methyl sites for hydroxylation is 2. The lowest BCUT2D eigenvalue weighted by Gasteiger charge is -2.13. The zero-order valence-corrected chi connectivity index (χ0v) is 11.3. The molecule has 0 aliphatic rings. The number of carbonyl (C=O) groups is 1. The molecule has 0 aliphatic carbocycles. The molecule has 0 saturated carbocycles. The largest absolute Gasteiger partial charge is 0.481 e. The Morgan fingerprint density at radius 3 is 2.32 bits per heavy atom. The highest BCUT2D eigenvalue weighted by Crippen LogP contribution is 2.22. The van der Waals surface area contributed by atoms with Gasteiger partial charge < -0.3 is 5.11 Å². The van der Waals surface area contributed by atoms with Crippen molar-refractivity contribution in [3.8, 4) is 0 Å². The molecule has 0 aromatic heterocycles. The number of carboxylic acids is 1. The Morgan fingerprint density at radius 1 is 1.05 bits per heavy atom. The van der Waals surface area contributed by atoms with E-state index in [4.69, 9.17) is 0 Å². The summed E-state index contributed by atoms with van der Waals surface area (Å²) in [6, 6.07) is 15.8. The van der Waals surface area contributed by atoms with E-state index in [9.17, 15) is 9.90 Å². The standard InChI is InChI=1S/C17H18O2/c1-12-6-8-15(9-7-12)16(17(18)19)11-14-5-3-4-13(2)10-14/h3-10,16H,11H2,1-2H3,(H,18,19). The highest BCUT2D eigenvalue weighted by Gasteiger charge is 2.20. The molecule has 0 fully saturated rings. The Bertz CT molecular complexity index is 570. The molecule has 1 atom stereocenters. The summed E-state index contributed by atoms with van der Waals surface area (Å²) in [6.45, 7) is 4.02. The van der Waals surface area contributed by atoms with E-state index >= 15 is 0 Å². The Morgan fingerprint density at radius 2 is 1.74 bits per heavy atom. The van der Waals surface area contributed by atoms with Gasteiger partial charge in [-0.05, 0) is 31.4 Å². The fourth-order valence-electron chi connectivity index (χ4n) is 2.22. The Balaban J connectivity index is 2.26. The minimum absolute atomic E-state index is 0.484. The molecule has 0 saturated heterocycles. The van der Waals surface area contributed by atoms with Crippen molar-refractivity contribution in [1.29, 1.82) is 0 Å². The second-order valence-corrected chi connectivity index (χ2v) is 4.99. The van der Waals surface area contributed by atoms with Gasteiger partial charge in [0.2, 0.25) is 0 Å². The van der Waals surface area contributed by atoms with Gasteiger partial charge in [-0.1, -0.05) is 59.7 Å². The summed E-state index contributed by atoms with van der Waals surface area (Å²) in [5, 5.41) is 9.43. The van der Waals surface area contributed by atoms with Gasteiger partial charge in [-0.3, -0.25) is 4.79 Å². The summed E-state index contributed by atoms with van der Waals surface area (Å²) in [6.07, 6.45) is 0.528. The van der Waals surface area contributed by atoms with Crippen LogP contribution in [0.4, 0.5) is 0 Å². The van der Waals surface area contributed by atoms with Crippen LogP contribution in [0.2, 0.25) is 0 Å². The van der Waals surface area contributed by atoms with Gasteiger partial charge in [0.25, 0.3) is 0 Å². The van der Waals surface area contributed by atoms with Crippen LogP contribution >= 0.6 is 0 Å². The number of rotatable bonds is 4. The first-order valence-electron chi connectivity index (χ1n) is 6.41. The summed E-state index contributed by atoms with van der Waals surface area (Å²) < 4.78 is 0. The summed E-state index contributed by atoms with van der Waals surface area (Å²) in [5.41, 5.74) is 4.22. The lowest BCUT2D eigenvalue weighted by atomic mass is 9.91. The fraction of sp³-hybridized carbons (Fsp3) is 0.235. The molecule has 0 spiro atoms. The van der Waals surface area contributed by atoms with Gasteiger partial charge in [-0.25, -0.2) is 0 Å². The van der Waals surface area contributed by atoms with Crippen molar-refractivity contribution in [1.82, 2.24) is 0 Å². The molecule has 0 heterocycles. The minimum Gasteiger partial charge on any atom is -0.481 e. The monoisotopic (exact) mass is 254 g/mol. The molecule has 2 nitrogen and oxygen atoms in total. The summed E-state index contributed by atoms with van der Waals surface area (Å²) in [4.78, 5) is 11.5. The molecule has 2 aromatic rings. The lowest BCUT2D eigenvalue weighted by Crippen LogP contribution is -2.14. The zero-order chi connectivity index (χ0) is 13.8. The topological polar surface area (TPSA) is 37.3 Å². The number of hydrogen-bond acceptors (Lipinski definition) is 1. The van der Waals surface area contributed by atoms with E-state index in [1.807, 2.05) is 62.4 Å². The lowest BCUT2D eigenvalue weighted by molar-refractivity contribution is -0.138. The average molecular weight is 254 g/mol. The van der Waals surface area contributed by atoms with Crippen LogP contribution in [0.1, 0.15) is 28.2 Å². The first kappa shape index (κ1) is 13.3. The number of benzene rings is 2. The first-order valence-corrected chi connectivity index (χ1v) is 6.41. The van der Waals surface area contributed by atoms with Crippen LogP contribution in [0.15, 0.2) is 48.5 Å². The fourth-order valence-corrected chi connectivity index (χ4v) is 2.22. The third-order valence-corrected chi connectivity index (χ3v) is 3.30. The zero-order valence-electron chi connectivity index (χ0n) is 11.3. The molecule has 1 N–H and O–H groups in total.